The number of benzene rings is 2. The van der Waals surface area contributed by atoms with Crippen LogP contribution in [0.2, 0.25) is 0 Å². The monoisotopic (exact) mass is 812 g/mol. The SMILES string of the molecule is Cc1cc(Br)cc(C)c1CC(=O)C[N+](CCCCCCCO)(CCCCCCCN1CCCCC1C(=O)Nc1c(C)cccc1C)CCCCCC(=O)O. The molecular weight excluding hydrogens is 742 g/mol. The number of carboxylic acid groups (broad SMARTS) is 1. The Morgan fingerprint density at radius 3 is 1.93 bits per heavy atom. The number of anilines is 1. The summed E-state index contributed by atoms with van der Waals surface area (Å²) in [7, 11) is 0. The number of hydrogen-bond donors (Lipinski definition) is 3. The van der Waals surface area contributed by atoms with Gasteiger partial charge in [-0.15, -0.1) is 0 Å². The molecule has 1 saturated heterocycles. The number of aliphatic hydroxyl groups is 1. The molecule has 0 radical (unpaired) electrons. The highest BCUT2D eigenvalue weighted by Crippen LogP contribution is 2.25. The van der Waals surface area contributed by atoms with Crippen molar-refractivity contribution >= 4 is 39.3 Å². The van der Waals surface area contributed by atoms with E-state index in [9.17, 15) is 24.6 Å². The van der Waals surface area contributed by atoms with Gasteiger partial charge >= 0.3 is 5.97 Å². The summed E-state index contributed by atoms with van der Waals surface area (Å²) in [6.07, 6.45) is 16.9. The molecule has 0 bridgehead atoms. The molecule has 0 aromatic heterocycles. The Hall–Kier alpha value is -2.59. The number of halogens is 1. The van der Waals surface area contributed by atoms with E-state index < -0.39 is 5.97 Å². The molecule has 1 fully saturated rings. The minimum Gasteiger partial charge on any atom is -0.481 e. The Bertz CT molecular complexity index is 1420. The fraction of sp³-hybridized carbons (Fsp3) is 0.667. The second kappa shape index (κ2) is 24.8. The number of ketones is 1. The number of carbonyl (C=O) groups excluding carboxylic acids is 2. The second-order valence-electron chi connectivity index (χ2n) is 16.2. The summed E-state index contributed by atoms with van der Waals surface area (Å²) < 4.78 is 1.82. The number of aryl methyl sites for hydroxylation is 4. The number of piperidine rings is 1. The van der Waals surface area contributed by atoms with E-state index in [0.717, 1.165) is 171 Å². The van der Waals surface area contributed by atoms with Crippen molar-refractivity contribution in [2.24, 2.45) is 0 Å². The molecule has 3 rings (SSSR count). The molecule has 2 atom stereocenters. The van der Waals surface area contributed by atoms with E-state index in [1.165, 1.54) is 0 Å². The molecule has 54 heavy (non-hydrogen) atoms. The van der Waals surface area contributed by atoms with Crippen LogP contribution in [0, 0.1) is 27.7 Å². The maximum atomic E-state index is 13.9. The van der Waals surface area contributed by atoms with Gasteiger partial charge in [-0.1, -0.05) is 66.2 Å². The van der Waals surface area contributed by atoms with Crippen LogP contribution in [0.25, 0.3) is 0 Å². The third-order valence-corrected chi connectivity index (χ3v) is 12.0. The van der Waals surface area contributed by atoms with E-state index in [-0.39, 0.29) is 30.8 Å². The Balaban J connectivity index is 1.60. The molecule has 1 aliphatic heterocycles. The van der Waals surface area contributed by atoms with Gasteiger partial charge in [-0.05, 0) is 151 Å². The number of nitrogens with one attached hydrogen (secondary N) is 1. The van der Waals surface area contributed by atoms with Gasteiger partial charge in [0, 0.05) is 29.6 Å². The molecule has 3 N–H and O–H groups in total. The second-order valence-corrected chi connectivity index (χ2v) is 17.1. The van der Waals surface area contributed by atoms with Crippen LogP contribution in [0.3, 0.4) is 0 Å². The van der Waals surface area contributed by atoms with Crippen LogP contribution in [0.1, 0.15) is 137 Å². The third kappa shape index (κ3) is 16.3. The summed E-state index contributed by atoms with van der Waals surface area (Å²) in [6.45, 7) is 13.8. The van der Waals surface area contributed by atoms with Gasteiger partial charge in [0.1, 0.15) is 6.54 Å². The highest BCUT2D eigenvalue weighted by molar-refractivity contribution is 9.10. The molecular formula is C45H71BrN3O5+. The number of nitrogens with zero attached hydrogens (tertiary/aromatic N) is 2. The van der Waals surface area contributed by atoms with Crippen molar-refractivity contribution in [3.8, 4) is 0 Å². The van der Waals surface area contributed by atoms with Gasteiger partial charge in [0.15, 0.2) is 5.78 Å². The Morgan fingerprint density at radius 1 is 0.778 bits per heavy atom. The standard InChI is InChI=1S/C45H70BrN3O5/c1-35-21-20-22-36(2)44(35)47-45(54)42-23-13-15-26-48(42)25-14-7-5-8-16-27-49(28-17-9-6-10-19-30-50,29-18-11-12-24-43(52)53)34-40(51)33-41-37(3)31-39(46)32-38(41)4/h20-22,31-32,42,50H,5-19,23-30,33-34H2,1-4H3,(H-,47,52,53,54)/p+1. The van der Waals surface area contributed by atoms with E-state index in [1.807, 2.05) is 6.07 Å². The molecule has 2 unspecified atom stereocenters. The number of rotatable bonds is 27. The average molecular weight is 814 g/mol. The maximum absolute atomic E-state index is 13.9. The van der Waals surface area contributed by atoms with Gasteiger partial charge in [-0.25, -0.2) is 0 Å². The van der Waals surface area contributed by atoms with Crippen LogP contribution in [0.5, 0.6) is 0 Å². The fourth-order valence-corrected chi connectivity index (χ4v) is 9.16. The number of carbonyl (C=O) groups is 3. The highest BCUT2D eigenvalue weighted by Gasteiger charge is 2.31. The summed E-state index contributed by atoms with van der Waals surface area (Å²) in [5.74, 6) is -0.338. The van der Waals surface area contributed by atoms with Gasteiger partial charge in [-0.3, -0.25) is 19.3 Å². The largest absolute Gasteiger partial charge is 0.481 e. The number of quaternary nitrogens is 1. The summed E-state index contributed by atoms with van der Waals surface area (Å²) in [5, 5.41) is 21.7. The average Bonchev–Trinajstić information content (AvgIpc) is 3.12. The zero-order chi connectivity index (χ0) is 39.3. The van der Waals surface area contributed by atoms with Crippen molar-refractivity contribution in [2.75, 3.05) is 51.2 Å². The lowest BCUT2D eigenvalue weighted by Gasteiger charge is -2.39. The first-order chi connectivity index (χ1) is 25.9. The fourth-order valence-electron chi connectivity index (χ4n) is 8.47. The number of Topliss-reactive ketones (excluding diaryl/α,β-unsaturated/α-hetero) is 1. The number of amides is 1. The van der Waals surface area contributed by atoms with Gasteiger partial charge in [0.25, 0.3) is 0 Å². The predicted molar refractivity (Wildman–Crippen MR) is 225 cm³/mol. The molecule has 1 heterocycles. The number of likely N-dealkylation sites (tertiary alicyclic amines) is 1. The first kappa shape index (κ1) is 45.8. The molecule has 8 nitrogen and oxygen atoms in total. The molecule has 1 amide bonds. The Morgan fingerprint density at radius 2 is 1.33 bits per heavy atom. The lowest BCUT2D eigenvalue weighted by atomic mass is 9.97. The van der Waals surface area contributed by atoms with Crippen LogP contribution >= 0.6 is 15.9 Å². The maximum Gasteiger partial charge on any atom is 0.303 e. The number of unbranched alkanes of at least 4 members (excludes halogenated alkanes) is 10. The number of para-hydroxylation sites is 1. The summed E-state index contributed by atoms with van der Waals surface area (Å²) in [4.78, 5) is 41.0. The number of aliphatic hydroxyl groups excluding tert-OH is 1. The molecule has 9 heteroatoms. The van der Waals surface area contributed by atoms with E-state index in [4.69, 9.17) is 0 Å². The van der Waals surface area contributed by atoms with E-state index in [2.05, 4.69) is 78.1 Å². The van der Waals surface area contributed by atoms with Crippen LogP contribution < -0.4 is 5.32 Å². The smallest absolute Gasteiger partial charge is 0.303 e. The van der Waals surface area contributed by atoms with Gasteiger partial charge < -0.3 is 20.0 Å². The van der Waals surface area contributed by atoms with E-state index in [0.29, 0.717) is 19.4 Å². The lowest BCUT2D eigenvalue weighted by molar-refractivity contribution is -0.921. The van der Waals surface area contributed by atoms with Crippen molar-refractivity contribution in [1.29, 1.82) is 0 Å². The van der Waals surface area contributed by atoms with Crippen molar-refractivity contribution in [3.05, 3.63) is 62.6 Å². The van der Waals surface area contributed by atoms with Crippen molar-refractivity contribution in [1.82, 2.24) is 4.90 Å². The summed E-state index contributed by atoms with van der Waals surface area (Å²) in [6, 6.07) is 10.3. The first-order valence-corrected chi connectivity index (χ1v) is 21.8. The molecule has 302 valence electrons. The Labute approximate surface area is 335 Å². The minimum atomic E-state index is -0.745. The van der Waals surface area contributed by atoms with E-state index in [1.54, 1.807) is 0 Å². The molecule has 0 spiro atoms. The van der Waals surface area contributed by atoms with Crippen molar-refractivity contribution < 1.29 is 29.1 Å². The van der Waals surface area contributed by atoms with E-state index >= 15 is 0 Å². The number of carboxylic acids is 1. The normalized spacial score (nSPS) is 15.9. The van der Waals surface area contributed by atoms with Crippen LogP contribution in [0.15, 0.2) is 34.8 Å². The topological polar surface area (TPSA) is 107 Å². The van der Waals surface area contributed by atoms with Gasteiger partial charge in [0.05, 0.1) is 25.7 Å². The zero-order valence-corrected chi connectivity index (χ0v) is 35.6. The molecule has 0 aliphatic carbocycles. The summed E-state index contributed by atoms with van der Waals surface area (Å²) in [5.41, 5.74) is 6.57. The first-order valence-electron chi connectivity index (χ1n) is 21.0. The highest BCUT2D eigenvalue weighted by atomic mass is 79.9. The quantitative estimate of drug-likeness (QED) is 0.0613. The number of aliphatic carboxylic acids is 1. The molecule has 2 aromatic rings. The zero-order valence-electron chi connectivity index (χ0n) is 34.0. The Kier molecular flexibility index (Phi) is 21.1. The third-order valence-electron chi connectivity index (χ3n) is 11.6. The van der Waals surface area contributed by atoms with Gasteiger partial charge in [0.2, 0.25) is 5.91 Å². The predicted octanol–water partition coefficient (Wildman–Crippen LogP) is 9.64. The van der Waals surface area contributed by atoms with Crippen molar-refractivity contribution in [3.63, 3.8) is 0 Å². The molecule has 2 aromatic carbocycles. The number of hydrogen-bond acceptors (Lipinski definition) is 5. The lowest BCUT2D eigenvalue weighted by Crippen LogP contribution is -2.53. The van der Waals surface area contributed by atoms with Crippen molar-refractivity contribution in [2.45, 2.75) is 149 Å². The van der Waals surface area contributed by atoms with Gasteiger partial charge in [-0.2, -0.15) is 0 Å². The molecule has 1 aliphatic rings. The minimum absolute atomic E-state index is 0.0719. The molecule has 0 saturated carbocycles. The van der Waals surface area contributed by atoms with Crippen LogP contribution in [-0.2, 0) is 20.8 Å². The van der Waals surface area contributed by atoms with Crippen LogP contribution in [-0.4, -0.2) is 89.2 Å². The van der Waals surface area contributed by atoms with Crippen LogP contribution in [0.4, 0.5) is 5.69 Å². The summed E-state index contributed by atoms with van der Waals surface area (Å²) >= 11 is 3.60.